The molecule has 1 N–H and O–H groups in total. The van der Waals surface area contributed by atoms with Crippen LogP contribution < -0.4 is 10.2 Å². The second kappa shape index (κ2) is 48.6. The minimum absolute atomic E-state index is 0.0373. The number of esters is 1. The van der Waals surface area contributed by atoms with Gasteiger partial charge in [-0.2, -0.15) is 0 Å². The van der Waals surface area contributed by atoms with Crippen molar-refractivity contribution in [3.05, 3.63) is 97.2 Å². The lowest BCUT2D eigenvalue weighted by Crippen LogP contribution is -2.47. The van der Waals surface area contributed by atoms with Crippen molar-refractivity contribution in [1.29, 1.82) is 0 Å². The van der Waals surface area contributed by atoms with Crippen LogP contribution in [-0.2, 0) is 27.9 Å². The molecule has 0 heterocycles. The van der Waals surface area contributed by atoms with Crippen molar-refractivity contribution in [2.75, 3.05) is 40.9 Å². The number of hydrogen-bond acceptors (Lipinski definition) is 7. The molecule has 9 nitrogen and oxygen atoms in total. The highest BCUT2D eigenvalue weighted by atomic mass is 31.2. The summed E-state index contributed by atoms with van der Waals surface area (Å²) in [6, 6.07) is -0.918. The van der Waals surface area contributed by atoms with Gasteiger partial charge in [-0.05, 0) is 76.7 Å². The molecule has 0 fully saturated rings. The number of carbonyl (C=O) groups is 2. The average molecular weight is 983 g/mol. The first-order valence-electron chi connectivity index (χ1n) is 27.6. The van der Waals surface area contributed by atoms with Crippen LogP contribution in [0, 0.1) is 0 Å². The smallest absolute Gasteiger partial charge is 0.306 e. The Morgan fingerprint density at radius 3 is 1.43 bits per heavy atom. The lowest BCUT2D eigenvalue weighted by Gasteiger charge is -2.30. The summed E-state index contributed by atoms with van der Waals surface area (Å²) in [5, 5.41) is 2.99. The second-order valence-corrected chi connectivity index (χ2v) is 20.9. The SMILES string of the molecule is CC\C=C/C=C/C=C/C=C\C=C\C=C\CCCCCC(=O)OC(/C=C/CCCCCCCCCCCCC)C(COP(=O)([O-])OCC[N+](C)(C)C)NC(=O)CCCCC/C=C\CCCCCCCC. The number of rotatable bonds is 48. The van der Waals surface area contributed by atoms with Gasteiger partial charge >= 0.3 is 5.97 Å². The molecule has 0 saturated carbocycles. The zero-order valence-electron chi connectivity index (χ0n) is 45.0. The Labute approximate surface area is 424 Å². The molecule has 0 aromatic heterocycles. The number of hydrogen-bond donors (Lipinski definition) is 1. The fourth-order valence-electron chi connectivity index (χ4n) is 7.37. The third kappa shape index (κ3) is 49.7. The molecule has 0 radical (unpaired) electrons. The number of carbonyl (C=O) groups excluding carboxylic acids is 2. The van der Waals surface area contributed by atoms with Crippen LogP contribution in [0.4, 0.5) is 0 Å². The van der Waals surface area contributed by atoms with Gasteiger partial charge in [0.2, 0.25) is 5.91 Å². The fraction of sp³-hybridized carbons (Fsp3) is 0.695. The van der Waals surface area contributed by atoms with Crippen molar-refractivity contribution < 1.29 is 37.3 Å². The van der Waals surface area contributed by atoms with Crippen molar-refractivity contribution in [3.8, 4) is 0 Å². The monoisotopic (exact) mass is 983 g/mol. The summed E-state index contributed by atoms with van der Waals surface area (Å²) in [4.78, 5) is 39.8. The predicted molar refractivity (Wildman–Crippen MR) is 293 cm³/mol. The van der Waals surface area contributed by atoms with Crippen LogP contribution in [0.3, 0.4) is 0 Å². The first-order valence-corrected chi connectivity index (χ1v) is 29.1. The third-order valence-corrected chi connectivity index (χ3v) is 12.6. The lowest BCUT2D eigenvalue weighted by molar-refractivity contribution is -0.870. The Kier molecular flexibility index (Phi) is 46.4. The number of quaternary nitrogens is 1. The highest BCUT2D eigenvalue weighted by Gasteiger charge is 2.27. The summed E-state index contributed by atoms with van der Waals surface area (Å²) in [5.41, 5.74) is 0. The molecule has 396 valence electrons. The zero-order chi connectivity index (χ0) is 50.8. The molecular weight excluding hydrogens is 880 g/mol. The molecule has 69 heavy (non-hydrogen) atoms. The van der Waals surface area contributed by atoms with Gasteiger partial charge in [-0.15, -0.1) is 0 Å². The van der Waals surface area contributed by atoms with Gasteiger partial charge < -0.3 is 28.5 Å². The Bertz CT molecular complexity index is 1510. The number of nitrogens with one attached hydrogen (secondary N) is 1. The summed E-state index contributed by atoms with van der Waals surface area (Å²) >= 11 is 0. The van der Waals surface area contributed by atoms with Gasteiger partial charge in [0.05, 0.1) is 33.8 Å². The number of amides is 1. The van der Waals surface area contributed by atoms with E-state index >= 15 is 0 Å². The Morgan fingerprint density at radius 1 is 0.522 bits per heavy atom. The predicted octanol–water partition coefficient (Wildman–Crippen LogP) is 15.8. The number of likely N-dealkylation sites (N-methyl/N-ethyl adjacent to an activating group) is 1. The van der Waals surface area contributed by atoms with Gasteiger partial charge in [-0.3, -0.25) is 14.2 Å². The van der Waals surface area contributed by atoms with E-state index in [0.29, 0.717) is 23.9 Å². The summed E-state index contributed by atoms with van der Waals surface area (Å²) in [6.45, 7) is 6.62. The molecule has 0 aliphatic rings. The van der Waals surface area contributed by atoms with Crippen LogP contribution in [0.15, 0.2) is 97.2 Å². The largest absolute Gasteiger partial charge is 0.756 e. The zero-order valence-corrected chi connectivity index (χ0v) is 45.9. The van der Waals surface area contributed by atoms with Crippen molar-refractivity contribution in [2.45, 2.75) is 226 Å². The first kappa shape index (κ1) is 65.9. The molecule has 1 amide bonds. The highest BCUT2D eigenvalue weighted by Crippen LogP contribution is 2.38. The molecule has 0 saturated heterocycles. The molecule has 0 spiro atoms. The molecule has 0 aromatic rings. The molecule has 0 aromatic carbocycles. The highest BCUT2D eigenvalue weighted by molar-refractivity contribution is 7.45. The fourth-order valence-corrected chi connectivity index (χ4v) is 8.09. The van der Waals surface area contributed by atoms with Crippen LogP contribution in [0.2, 0.25) is 0 Å². The van der Waals surface area contributed by atoms with Crippen LogP contribution in [0.25, 0.3) is 0 Å². The van der Waals surface area contributed by atoms with Gasteiger partial charge in [-0.25, -0.2) is 0 Å². The normalized spacial score (nSPS) is 14.6. The van der Waals surface area contributed by atoms with Crippen LogP contribution in [0.5, 0.6) is 0 Å². The molecule has 3 atom stereocenters. The molecule has 0 aliphatic heterocycles. The van der Waals surface area contributed by atoms with Gasteiger partial charge in [0.1, 0.15) is 19.3 Å². The number of phosphoric ester groups is 1. The minimum atomic E-state index is -4.71. The van der Waals surface area contributed by atoms with E-state index < -0.39 is 26.6 Å². The number of nitrogens with zero attached hydrogens (tertiary/aromatic N) is 1. The summed E-state index contributed by atoms with van der Waals surface area (Å²) in [6.07, 6.45) is 63.7. The van der Waals surface area contributed by atoms with Crippen molar-refractivity contribution in [3.63, 3.8) is 0 Å². The molecule has 10 heteroatoms. The Morgan fingerprint density at radius 2 is 0.942 bits per heavy atom. The maximum absolute atomic E-state index is 13.4. The third-order valence-electron chi connectivity index (χ3n) is 11.7. The molecule has 0 rings (SSSR count). The van der Waals surface area contributed by atoms with E-state index in [4.69, 9.17) is 13.8 Å². The van der Waals surface area contributed by atoms with E-state index in [9.17, 15) is 19.0 Å². The number of phosphoric acid groups is 1. The maximum atomic E-state index is 13.4. The van der Waals surface area contributed by atoms with Crippen molar-refractivity contribution in [1.82, 2.24) is 5.32 Å². The first-order chi connectivity index (χ1) is 33.4. The lowest BCUT2D eigenvalue weighted by atomic mass is 10.0. The molecule has 3 unspecified atom stereocenters. The van der Waals surface area contributed by atoms with E-state index in [1.807, 2.05) is 88.0 Å². The number of allylic oxidation sites excluding steroid dienone is 15. The van der Waals surface area contributed by atoms with Crippen molar-refractivity contribution in [2.24, 2.45) is 0 Å². The Hall–Kier alpha value is -3.07. The van der Waals surface area contributed by atoms with Crippen LogP contribution in [0.1, 0.15) is 213 Å². The molecular formula is C59H103N2O7P. The average Bonchev–Trinajstić information content (AvgIpc) is 3.31. The van der Waals surface area contributed by atoms with E-state index in [2.05, 4.69) is 50.4 Å². The summed E-state index contributed by atoms with van der Waals surface area (Å²) in [7, 11) is 1.13. The minimum Gasteiger partial charge on any atom is -0.756 e. The van der Waals surface area contributed by atoms with E-state index in [-0.39, 0.29) is 31.3 Å². The number of ether oxygens (including phenoxy) is 1. The standard InChI is InChI=1S/C59H103N2O7P/c1-7-10-13-16-19-22-25-28-29-30-31-34-37-40-43-46-49-52-59(63)68-57(50-47-44-41-38-35-32-26-23-20-17-14-11-8-2)56(55-67-69(64,65)66-54-53-61(4,5)6)60-58(62)51-48-45-42-39-36-33-27-24-21-18-15-12-9-3/h10,13,16,19,22,25,28-31,33-34,36-37,47,50,56-57H,7-9,11-12,14-15,17-18,20-21,23-24,26-27,32,35,38-46,48-49,51-55H2,1-6H3,(H-,60,62,64,65)/b13-10-,19-16+,25-22+,29-28-,31-30+,36-33-,37-34+,50-47+. The number of unbranched alkanes of at least 4 members (excludes halogenated alkanes) is 23. The van der Waals surface area contributed by atoms with E-state index in [0.717, 1.165) is 70.6 Å². The van der Waals surface area contributed by atoms with Gasteiger partial charge in [0.25, 0.3) is 7.82 Å². The maximum Gasteiger partial charge on any atom is 0.306 e. The quantitative estimate of drug-likeness (QED) is 0.0161. The van der Waals surface area contributed by atoms with E-state index in [1.54, 1.807) is 6.08 Å². The van der Waals surface area contributed by atoms with E-state index in [1.165, 1.54) is 96.3 Å². The van der Waals surface area contributed by atoms with Gasteiger partial charge in [-0.1, -0.05) is 221 Å². The molecule has 0 bridgehead atoms. The topological polar surface area (TPSA) is 114 Å². The van der Waals surface area contributed by atoms with Gasteiger partial charge in [0, 0.05) is 12.8 Å². The van der Waals surface area contributed by atoms with Crippen molar-refractivity contribution >= 4 is 19.7 Å². The van der Waals surface area contributed by atoms with Crippen LogP contribution in [-0.4, -0.2) is 69.4 Å². The summed E-state index contributed by atoms with van der Waals surface area (Å²) in [5.74, 6) is -0.618. The summed E-state index contributed by atoms with van der Waals surface area (Å²) < 4.78 is 30.1. The van der Waals surface area contributed by atoms with Crippen LogP contribution >= 0.6 is 7.82 Å². The second-order valence-electron chi connectivity index (χ2n) is 19.5. The van der Waals surface area contributed by atoms with Gasteiger partial charge in [0.15, 0.2) is 0 Å². The Balaban J connectivity index is 5.54. The molecule has 0 aliphatic carbocycles.